The molecule has 1 aromatic carbocycles. The third kappa shape index (κ3) is 2.14. The van der Waals surface area contributed by atoms with Gasteiger partial charge in [-0.1, -0.05) is 6.07 Å². The number of amides is 3. The highest BCUT2D eigenvalue weighted by atomic mass is 16.3. The van der Waals surface area contributed by atoms with E-state index in [9.17, 15) is 24.3 Å². The maximum atomic E-state index is 12.5. The summed E-state index contributed by atoms with van der Waals surface area (Å²) >= 11 is 0. The average Bonchev–Trinajstić information content (AvgIpc) is 2.77. The second-order valence-corrected chi connectivity index (χ2v) is 5.20. The number of carbonyl (C=O) groups excluding carboxylic acids is 4. The number of hydrogen-bond donors (Lipinski definition) is 2. The number of nitrogens with one attached hydrogen (secondary N) is 1. The van der Waals surface area contributed by atoms with Crippen molar-refractivity contribution in [2.24, 2.45) is 0 Å². The van der Waals surface area contributed by atoms with Gasteiger partial charge in [-0.25, -0.2) is 0 Å². The van der Waals surface area contributed by atoms with Gasteiger partial charge in [0.15, 0.2) is 0 Å². The molecule has 7 heteroatoms. The molecule has 0 fully saturated rings. The molecule has 1 aromatic rings. The molecule has 0 aliphatic carbocycles. The molecule has 0 aromatic heterocycles. The first-order valence-electron chi connectivity index (χ1n) is 6.75. The second-order valence-electron chi connectivity index (χ2n) is 5.20. The predicted octanol–water partition coefficient (Wildman–Crippen LogP) is 0.472. The van der Waals surface area contributed by atoms with Gasteiger partial charge in [-0.15, -0.1) is 0 Å². The van der Waals surface area contributed by atoms with Crippen LogP contribution in [0.2, 0.25) is 0 Å². The first-order valence-corrected chi connectivity index (χ1v) is 6.75. The van der Waals surface area contributed by atoms with Crippen LogP contribution in [-0.2, 0) is 9.59 Å². The van der Waals surface area contributed by atoms with Crippen LogP contribution >= 0.6 is 0 Å². The molecule has 116 valence electrons. The van der Waals surface area contributed by atoms with Crippen LogP contribution in [0.15, 0.2) is 18.2 Å². The first-order chi connectivity index (χ1) is 10.4. The summed E-state index contributed by atoms with van der Waals surface area (Å²) in [6.07, 6.45) is 0.641. The Bertz CT molecular complexity index is 670. The minimum absolute atomic E-state index is 0.00238. The summed E-state index contributed by atoms with van der Waals surface area (Å²) in [4.78, 5) is 48.7. The van der Waals surface area contributed by atoms with Crippen LogP contribution < -0.4 is 5.32 Å². The zero-order valence-corrected chi connectivity index (χ0v) is 12.3. The van der Waals surface area contributed by atoms with Gasteiger partial charge >= 0.3 is 0 Å². The lowest BCUT2D eigenvalue weighted by molar-refractivity contribution is -0.130. The quantitative estimate of drug-likeness (QED) is 0.608. The van der Waals surface area contributed by atoms with E-state index in [1.165, 1.54) is 32.2 Å². The lowest BCUT2D eigenvalue weighted by Crippen LogP contribution is -2.58. The Balaban J connectivity index is 2.53. The van der Waals surface area contributed by atoms with Gasteiger partial charge in [-0.3, -0.25) is 19.3 Å². The van der Waals surface area contributed by atoms with Gasteiger partial charge in [0.25, 0.3) is 11.8 Å². The monoisotopic (exact) mass is 304 g/mol. The fourth-order valence-electron chi connectivity index (χ4n) is 2.65. The number of aldehydes is 1. The van der Waals surface area contributed by atoms with Crippen LogP contribution in [0.25, 0.3) is 0 Å². The minimum Gasteiger partial charge on any atom is -0.507 e. The fourth-order valence-corrected chi connectivity index (χ4v) is 2.65. The molecule has 22 heavy (non-hydrogen) atoms. The summed E-state index contributed by atoms with van der Waals surface area (Å²) in [5.74, 6) is -2.26. The number of phenols is 1. The molecule has 1 unspecified atom stereocenters. The number of rotatable bonds is 5. The standard InChI is InChI=1S/C15H16N2O5/c1-15(7-4-8-18,14(22)16-2)17-12(20)9-5-3-6-10(19)11(9)13(17)21/h3,5-6,8,19H,4,7H2,1-2H3,(H,16,22). The zero-order chi connectivity index (χ0) is 16.5. The van der Waals surface area contributed by atoms with Gasteiger partial charge in [-0.05, 0) is 25.5 Å². The molecule has 1 aliphatic heterocycles. The summed E-state index contributed by atoms with van der Waals surface area (Å²) in [6, 6.07) is 4.17. The summed E-state index contributed by atoms with van der Waals surface area (Å²) in [5, 5.41) is 12.2. The lowest BCUT2D eigenvalue weighted by atomic mass is 9.92. The van der Waals surface area contributed by atoms with E-state index in [0.29, 0.717) is 6.29 Å². The van der Waals surface area contributed by atoms with Crippen molar-refractivity contribution in [1.82, 2.24) is 10.2 Å². The third-order valence-electron chi connectivity index (χ3n) is 3.85. The Hall–Kier alpha value is -2.70. The molecule has 0 spiro atoms. The van der Waals surface area contributed by atoms with Crippen molar-refractivity contribution in [2.45, 2.75) is 25.3 Å². The number of phenolic OH excluding ortho intramolecular Hbond substituents is 1. The molecule has 0 saturated heterocycles. The van der Waals surface area contributed by atoms with Crippen molar-refractivity contribution in [1.29, 1.82) is 0 Å². The highest BCUT2D eigenvalue weighted by Crippen LogP contribution is 2.36. The zero-order valence-electron chi connectivity index (χ0n) is 12.3. The number of fused-ring (bicyclic) bond motifs is 1. The number of hydrogen-bond acceptors (Lipinski definition) is 5. The first kappa shape index (κ1) is 15.7. The van der Waals surface area contributed by atoms with Crippen molar-refractivity contribution in [2.75, 3.05) is 7.05 Å². The molecule has 3 amide bonds. The van der Waals surface area contributed by atoms with E-state index in [4.69, 9.17) is 0 Å². The van der Waals surface area contributed by atoms with Crippen LogP contribution in [-0.4, -0.2) is 46.6 Å². The van der Waals surface area contributed by atoms with Crippen LogP contribution in [0.3, 0.4) is 0 Å². The Morgan fingerprint density at radius 2 is 2.05 bits per heavy atom. The topological polar surface area (TPSA) is 104 Å². The highest BCUT2D eigenvalue weighted by molar-refractivity contribution is 6.24. The number of aromatic hydroxyl groups is 1. The summed E-state index contributed by atoms with van der Waals surface area (Å²) < 4.78 is 0. The van der Waals surface area contributed by atoms with Gasteiger partial charge < -0.3 is 15.2 Å². The molecule has 0 saturated carbocycles. The van der Waals surface area contributed by atoms with Gasteiger partial charge in [0.2, 0.25) is 5.91 Å². The molecule has 2 rings (SSSR count). The van der Waals surface area contributed by atoms with E-state index < -0.39 is 23.3 Å². The summed E-state index contributed by atoms with van der Waals surface area (Å²) in [7, 11) is 1.39. The third-order valence-corrected chi connectivity index (χ3v) is 3.85. The number of benzene rings is 1. The van der Waals surface area contributed by atoms with E-state index in [0.717, 1.165) is 4.90 Å². The van der Waals surface area contributed by atoms with Gasteiger partial charge in [0.05, 0.1) is 11.1 Å². The van der Waals surface area contributed by atoms with E-state index in [1.54, 1.807) is 0 Å². The number of imide groups is 1. The summed E-state index contributed by atoms with van der Waals surface area (Å²) in [5.41, 5.74) is -1.57. The smallest absolute Gasteiger partial charge is 0.266 e. The number of nitrogens with zero attached hydrogens (tertiary/aromatic N) is 1. The molecule has 2 N–H and O–H groups in total. The van der Waals surface area contributed by atoms with Crippen LogP contribution in [0.5, 0.6) is 5.75 Å². The van der Waals surface area contributed by atoms with Crippen LogP contribution in [0.1, 0.15) is 40.5 Å². The average molecular weight is 304 g/mol. The van der Waals surface area contributed by atoms with Crippen molar-refractivity contribution in [3.8, 4) is 5.75 Å². The van der Waals surface area contributed by atoms with Crippen molar-refractivity contribution in [3.63, 3.8) is 0 Å². The van der Waals surface area contributed by atoms with Crippen molar-refractivity contribution < 1.29 is 24.3 Å². The molecule has 1 atom stereocenters. The van der Waals surface area contributed by atoms with Crippen molar-refractivity contribution in [3.05, 3.63) is 29.3 Å². The summed E-state index contributed by atoms with van der Waals surface area (Å²) in [6.45, 7) is 1.42. The maximum absolute atomic E-state index is 12.5. The molecule has 1 heterocycles. The Morgan fingerprint density at radius 1 is 1.36 bits per heavy atom. The van der Waals surface area contributed by atoms with E-state index in [1.807, 2.05) is 0 Å². The Morgan fingerprint density at radius 3 is 2.59 bits per heavy atom. The Kier molecular flexibility index (Phi) is 3.99. The van der Waals surface area contributed by atoms with E-state index >= 15 is 0 Å². The molecule has 0 radical (unpaired) electrons. The SMILES string of the molecule is CNC(=O)C(C)(CCC=O)N1C(=O)c2cccc(O)c2C1=O. The van der Waals surface area contributed by atoms with E-state index in [2.05, 4.69) is 5.32 Å². The fraction of sp³-hybridized carbons (Fsp3) is 0.333. The minimum atomic E-state index is -1.50. The molecule has 1 aliphatic rings. The van der Waals surface area contributed by atoms with Gasteiger partial charge in [0.1, 0.15) is 17.6 Å². The van der Waals surface area contributed by atoms with Gasteiger partial charge in [0, 0.05) is 13.5 Å². The molecular formula is C15H16N2O5. The highest BCUT2D eigenvalue weighted by Gasteiger charge is 2.50. The largest absolute Gasteiger partial charge is 0.507 e. The number of carbonyl (C=O) groups is 4. The Labute approximate surface area is 126 Å². The maximum Gasteiger partial charge on any atom is 0.266 e. The normalized spacial score (nSPS) is 16.2. The number of likely N-dealkylation sites (N-methyl/N-ethyl adjacent to an activating group) is 1. The van der Waals surface area contributed by atoms with Crippen LogP contribution in [0, 0.1) is 0 Å². The molecule has 7 nitrogen and oxygen atoms in total. The molecule has 0 bridgehead atoms. The van der Waals surface area contributed by atoms with Gasteiger partial charge in [-0.2, -0.15) is 0 Å². The van der Waals surface area contributed by atoms with Crippen LogP contribution in [0.4, 0.5) is 0 Å². The molecular weight excluding hydrogens is 288 g/mol. The lowest BCUT2D eigenvalue weighted by Gasteiger charge is -2.35. The second kappa shape index (κ2) is 5.59. The van der Waals surface area contributed by atoms with Crippen molar-refractivity contribution >= 4 is 24.0 Å². The van der Waals surface area contributed by atoms with E-state index in [-0.39, 0.29) is 29.7 Å². The predicted molar refractivity (Wildman–Crippen MR) is 76.4 cm³/mol.